The fourth-order valence-electron chi connectivity index (χ4n) is 2.11. The molecule has 0 saturated heterocycles. The van der Waals surface area contributed by atoms with E-state index in [0.717, 1.165) is 0 Å². The van der Waals surface area contributed by atoms with Crippen molar-refractivity contribution in [1.29, 1.82) is 0 Å². The van der Waals surface area contributed by atoms with Crippen molar-refractivity contribution in [1.82, 2.24) is 15.0 Å². The molecule has 0 aliphatic heterocycles. The van der Waals surface area contributed by atoms with Gasteiger partial charge < -0.3 is 0 Å². The molecule has 0 bridgehead atoms. The van der Waals surface area contributed by atoms with E-state index in [0.29, 0.717) is 11.1 Å². The minimum absolute atomic E-state index is 0.0137. The number of sulfonamides is 1. The molecule has 0 radical (unpaired) electrons. The first kappa shape index (κ1) is 14.6. The number of nitrogens with one attached hydrogen (secondary N) is 1. The van der Waals surface area contributed by atoms with Crippen LogP contribution in [-0.4, -0.2) is 18.7 Å². The van der Waals surface area contributed by atoms with Crippen LogP contribution in [0, 0.1) is 5.82 Å². The van der Waals surface area contributed by atoms with Crippen LogP contribution in [0.25, 0.3) is 11.0 Å². The second-order valence-electron chi connectivity index (χ2n) is 4.78. The Morgan fingerprint density at radius 1 is 1.14 bits per heavy atom. The molecule has 0 spiro atoms. The SMILES string of the molecule is C[C@@H](NS(=O)(=O)c1cccc2nonc12)c1ccc(F)cc1. The number of rotatable bonds is 4. The monoisotopic (exact) mass is 321 g/mol. The lowest BCUT2D eigenvalue weighted by molar-refractivity contribution is 0.315. The van der Waals surface area contributed by atoms with Crippen LogP contribution in [0.5, 0.6) is 0 Å². The average Bonchev–Trinajstić information content (AvgIpc) is 2.95. The largest absolute Gasteiger partial charge is 0.243 e. The zero-order valence-electron chi connectivity index (χ0n) is 11.5. The van der Waals surface area contributed by atoms with Gasteiger partial charge in [-0.05, 0) is 47.1 Å². The van der Waals surface area contributed by atoms with Crippen LogP contribution >= 0.6 is 0 Å². The second kappa shape index (κ2) is 5.47. The molecule has 0 fully saturated rings. The quantitative estimate of drug-likeness (QED) is 0.797. The number of benzene rings is 2. The normalized spacial score (nSPS) is 13.4. The number of halogens is 1. The molecule has 2 aromatic carbocycles. The molecule has 3 aromatic rings. The Morgan fingerprint density at radius 2 is 1.86 bits per heavy atom. The van der Waals surface area contributed by atoms with Gasteiger partial charge in [-0.25, -0.2) is 22.2 Å². The van der Waals surface area contributed by atoms with Crippen LogP contribution in [0.3, 0.4) is 0 Å². The molecule has 6 nitrogen and oxygen atoms in total. The maximum absolute atomic E-state index is 12.9. The van der Waals surface area contributed by atoms with Gasteiger partial charge in [0.15, 0.2) is 5.52 Å². The molecule has 0 unspecified atom stereocenters. The van der Waals surface area contributed by atoms with Crippen molar-refractivity contribution >= 4 is 21.1 Å². The molecule has 3 rings (SSSR count). The van der Waals surface area contributed by atoms with Crippen LogP contribution in [-0.2, 0) is 10.0 Å². The van der Waals surface area contributed by atoms with E-state index in [2.05, 4.69) is 19.7 Å². The summed E-state index contributed by atoms with van der Waals surface area (Å²) in [5.74, 6) is -0.378. The fraction of sp³-hybridized carbons (Fsp3) is 0.143. The van der Waals surface area contributed by atoms with Gasteiger partial charge in [-0.1, -0.05) is 18.2 Å². The van der Waals surface area contributed by atoms with E-state index >= 15 is 0 Å². The van der Waals surface area contributed by atoms with Gasteiger partial charge in [-0.2, -0.15) is 0 Å². The molecule has 0 saturated carbocycles. The summed E-state index contributed by atoms with van der Waals surface area (Å²) in [4.78, 5) is -0.0137. The van der Waals surface area contributed by atoms with Crippen molar-refractivity contribution in [3.05, 3.63) is 53.8 Å². The molecule has 8 heteroatoms. The topological polar surface area (TPSA) is 85.1 Å². The van der Waals surface area contributed by atoms with Crippen molar-refractivity contribution in [2.75, 3.05) is 0 Å². The highest BCUT2D eigenvalue weighted by Gasteiger charge is 2.22. The van der Waals surface area contributed by atoms with E-state index < -0.39 is 16.1 Å². The lowest BCUT2D eigenvalue weighted by atomic mass is 10.1. The Morgan fingerprint density at radius 3 is 2.59 bits per heavy atom. The summed E-state index contributed by atoms with van der Waals surface area (Å²) in [6, 6.07) is 9.68. The van der Waals surface area contributed by atoms with Crippen LogP contribution in [0.2, 0.25) is 0 Å². The summed E-state index contributed by atoms with van der Waals surface area (Å²) < 4.78 is 45.0. The van der Waals surface area contributed by atoms with Crippen LogP contribution in [0.4, 0.5) is 4.39 Å². The number of nitrogens with zero attached hydrogens (tertiary/aromatic N) is 2. The van der Waals surface area contributed by atoms with Crippen molar-refractivity contribution in [3.8, 4) is 0 Å². The summed E-state index contributed by atoms with van der Waals surface area (Å²) in [6.45, 7) is 1.67. The molecular weight excluding hydrogens is 309 g/mol. The fourth-order valence-corrected chi connectivity index (χ4v) is 3.50. The summed E-state index contributed by atoms with van der Waals surface area (Å²) in [5.41, 5.74) is 1.18. The van der Waals surface area contributed by atoms with E-state index in [1.54, 1.807) is 19.1 Å². The van der Waals surface area contributed by atoms with Crippen molar-refractivity contribution < 1.29 is 17.4 Å². The van der Waals surface area contributed by atoms with E-state index in [1.165, 1.54) is 30.3 Å². The van der Waals surface area contributed by atoms with Gasteiger partial charge in [0.2, 0.25) is 10.0 Å². The number of hydrogen-bond acceptors (Lipinski definition) is 5. The van der Waals surface area contributed by atoms with Gasteiger partial charge in [-0.3, -0.25) is 0 Å². The van der Waals surface area contributed by atoms with Gasteiger partial charge >= 0.3 is 0 Å². The van der Waals surface area contributed by atoms with Crippen molar-refractivity contribution in [2.24, 2.45) is 0 Å². The Labute approximate surface area is 126 Å². The lowest BCUT2D eigenvalue weighted by Gasteiger charge is -2.14. The van der Waals surface area contributed by atoms with Gasteiger partial charge in [0.05, 0.1) is 0 Å². The van der Waals surface area contributed by atoms with Crippen LogP contribution in [0.15, 0.2) is 52.0 Å². The van der Waals surface area contributed by atoms with Gasteiger partial charge in [0.1, 0.15) is 16.2 Å². The Kier molecular flexibility index (Phi) is 3.63. The molecule has 1 atom stereocenters. The van der Waals surface area contributed by atoms with Crippen molar-refractivity contribution in [2.45, 2.75) is 17.9 Å². The van der Waals surface area contributed by atoms with Crippen LogP contribution in [0.1, 0.15) is 18.5 Å². The summed E-state index contributed by atoms with van der Waals surface area (Å²) >= 11 is 0. The lowest BCUT2D eigenvalue weighted by Crippen LogP contribution is -2.27. The highest BCUT2D eigenvalue weighted by atomic mass is 32.2. The first-order chi connectivity index (χ1) is 10.5. The number of aromatic nitrogens is 2. The highest BCUT2D eigenvalue weighted by Crippen LogP contribution is 2.22. The van der Waals surface area contributed by atoms with E-state index in [9.17, 15) is 12.8 Å². The molecule has 0 aliphatic rings. The standard InChI is InChI=1S/C14H12FN3O3S/c1-9(10-5-7-11(15)8-6-10)18-22(19,20)13-4-2-3-12-14(13)17-21-16-12/h2-9,18H,1H3/t9-/m1/s1. The van der Waals surface area contributed by atoms with Crippen LogP contribution < -0.4 is 4.72 Å². The molecule has 114 valence electrons. The second-order valence-corrected chi connectivity index (χ2v) is 6.47. The molecule has 0 aliphatic carbocycles. The van der Waals surface area contributed by atoms with E-state index in [4.69, 9.17) is 0 Å². The summed E-state index contributed by atoms with van der Waals surface area (Å²) in [6.07, 6.45) is 0. The third-order valence-electron chi connectivity index (χ3n) is 3.24. The predicted molar refractivity (Wildman–Crippen MR) is 76.9 cm³/mol. The first-order valence-electron chi connectivity index (χ1n) is 6.46. The smallest absolute Gasteiger partial charge is 0.243 e. The zero-order valence-corrected chi connectivity index (χ0v) is 12.3. The average molecular weight is 321 g/mol. The maximum Gasteiger partial charge on any atom is 0.243 e. The van der Waals surface area contributed by atoms with E-state index in [1.807, 2.05) is 0 Å². The molecule has 1 N–H and O–H groups in total. The number of hydrogen-bond donors (Lipinski definition) is 1. The molecule has 1 heterocycles. The summed E-state index contributed by atoms with van der Waals surface area (Å²) in [5, 5.41) is 7.24. The molecule has 1 aromatic heterocycles. The maximum atomic E-state index is 12.9. The minimum Gasteiger partial charge on any atom is -0.243 e. The number of fused-ring (bicyclic) bond motifs is 1. The minimum atomic E-state index is -3.82. The summed E-state index contributed by atoms with van der Waals surface area (Å²) in [7, 11) is -3.82. The Bertz CT molecular complexity index is 906. The molecule has 22 heavy (non-hydrogen) atoms. The molecular formula is C14H12FN3O3S. The molecule has 0 amide bonds. The van der Waals surface area contributed by atoms with Gasteiger partial charge in [0, 0.05) is 6.04 Å². The highest BCUT2D eigenvalue weighted by molar-refractivity contribution is 7.89. The Hall–Kier alpha value is -2.32. The third-order valence-corrected chi connectivity index (χ3v) is 4.81. The van der Waals surface area contributed by atoms with Crippen molar-refractivity contribution in [3.63, 3.8) is 0 Å². The first-order valence-corrected chi connectivity index (χ1v) is 7.95. The van der Waals surface area contributed by atoms with Gasteiger partial charge in [0.25, 0.3) is 0 Å². The third kappa shape index (κ3) is 2.70. The van der Waals surface area contributed by atoms with Gasteiger partial charge in [-0.15, -0.1) is 0 Å². The zero-order chi connectivity index (χ0) is 15.7. The Balaban J connectivity index is 1.93. The predicted octanol–water partition coefficient (Wildman–Crippen LogP) is 2.40. The van der Waals surface area contributed by atoms with E-state index in [-0.39, 0.29) is 16.2 Å².